The Morgan fingerprint density at radius 2 is 2.11 bits per heavy atom. The van der Waals surface area contributed by atoms with Crippen molar-refractivity contribution in [1.29, 1.82) is 0 Å². The van der Waals surface area contributed by atoms with E-state index in [2.05, 4.69) is 5.32 Å². The maximum absolute atomic E-state index is 12.1. The van der Waals surface area contributed by atoms with Crippen LogP contribution in [0.1, 0.15) is 10.5 Å². The molecule has 2 N–H and O–H groups in total. The molecule has 1 fully saturated rings. The van der Waals surface area contributed by atoms with E-state index < -0.39 is 16.1 Å². The molecule has 0 bridgehead atoms. The molecule has 2 heterocycles. The number of carbonyl (C=O) groups excluding carboxylic acids is 1. The van der Waals surface area contributed by atoms with Crippen molar-refractivity contribution in [3.8, 4) is 0 Å². The summed E-state index contributed by atoms with van der Waals surface area (Å²) < 4.78 is 26.9. The predicted molar refractivity (Wildman–Crippen MR) is 63.6 cm³/mol. The second kappa shape index (κ2) is 4.38. The molecule has 1 saturated heterocycles. The Hall–Kier alpha value is -1.38. The lowest BCUT2D eigenvalue weighted by atomic mass is 10.2. The molecule has 1 amide bonds. The summed E-state index contributed by atoms with van der Waals surface area (Å²) in [6.45, 7) is 0.207. The molecule has 8 heteroatoms. The van der Waals surface area contributed by atoms with Crippen molar-refractivity contribution in [3.05, 3.63) is 18.0 Å². The molecule has 7 nitrogen and oxygen atoms in total. The number of sulfonamides is 1. The van der Waals surface area contributed by atoms with E-state index in [1.165, 1.54) is 28.2 Å². The second-order valence-corrected chi connectivity index (χ2v) is 6.16. The van der Waals surface area contributed by atoms with Gasteiger partial charge in [-0.15, -0.1) is 0 Å². The Morgan fingerprint density at radius 3 is 2.61 bits per heavy atom. The van der Waals surface area contributed by atoms with Crippen molar-refractivity contribution in [2.75, 3.05) is 20.1 Å². The van der Waals surface area contributed by atoms with E-state index in [-0.39, 0.29) is 29.6 Å². The van der Waals surface area contributed by atoms with Gasteiger partial charge in [0.2, 0.25) is 10.0 Å². The predicted octanol–water partition coefficient (Wildman–Crippen LogP) is -1.25. The number of amides is 1. The van der Waals surface area contributed by atoms with Crippen LogP contribution in [0.15, 0.2) is 17.2 Å². The van der Waals surface area contributed by atoms with Crippen molar-refractivity contribution in [2.24, 2.45) is 7.05 Å². The smallest absolute Gasteiger partial charge is 0.267 e. The number of aliphatic hydroxyl groups is 1. The summed E-state index contributed by atoms with van der Waals surface area (Å²) in [7, 11) is -0.519. The van der Waals surface area contributed by atoms with Crippen molar-refractivity contribution >= 4 is 15.9 Å². The van der Waals surface area contributed by atoms with E-state index in [4.69, 9.17) is 5.11 Å². The number of hydrogen-bond donors (Lipinski definition) is 2. The van der Waals surface area contributed by atoms with Gasteiger partial charge in [-0.05, 0) is 6.07 Å². The lowest BCUT2D eigenvalue weighted by Crippen LogP contribution is -2.53. The van der Waals surface area contributed by atoms with Gasteiger partial charge < -0.3 is 15.0 Å². The van der Waals surface area contributed by atoms with Crippen LogP contribution >= 0.6 is 0 Å². The Morgan fingerprint density at radius 1 is 1.50 bits per heavy atom. The average molecular weight is 273 g/mol. The van der Waals surface area contributed by atoms with E-state index in [1.807, 2.05) is 0 Å². The van der Waals surface area contributed by atoms with Crippen molar-refractivity contribution in [3.63, 3.8) is 0 Å². The van der Waals surface area contributed by atoms with Gasteiger partial charge in [0.25, 0.3) is 5.91 Å². The van der Waals surface area contributed by atoms with Gasteiger partial charge in [0, 0.05) is 33.4 Å². The molecule has 1 aromatic rings. The molecule has 0 aliphatic carbocycles. The second-order valence-electron chi connectivity index (χ2n) is 4.23. The first-order chi connectivity index (χ1) is 8.36. The van der Waals surface area contributed by atoms with Gasteiger partial charge in [0.15, 0.2) is 0 Å². The molecule has 2 rings (SSSR count). The largest absolute Gasteiger partial charge is 0.390 e. The lowest BCUT2D eigenvalue weighted by Gasteiger charge is -2.34. The van der Waals surface area contributed by atoms with Gasteiger partial charge >= 0.3 is 0 Å². The third-order valence-corrected chi connectivity index (χ3v) is 4.70. The number of aromatic nitrogens is 1. The highest BCUT2D eigenvalue weighted by atomic mass is 32.2. The van der Waals surface area contributed by atoms with E-state index >= 15 is 0 Å². The summed E-state index contributed by atoms with van der Waals surface area (Å²) in [5, 5.41) is 11.6. The van der Waals surface area contributed by atoms with Crippen LogP contribution in [0.4, 0.5) is 0 Å². The standard InChI is InChI=1S/C10H15N3O4S/c1-11-10(15)9-3-8(6-12(9)2)18(16,17)13-4-7(14)5-13/h3,6-7,14H,4-5H2,1-2H3,(H,11,15). The minimum atomic E-state index is -3.61. The van der Waals surface area contributed by atoms with Crippen molar-refractivity contribution < 1.29 is 18.3 Å². The summed E-state index contributed by atoms with van der Waals surface area (Å²) in [4.78, 5) is 11.6. The summed E-state index contributed by atoms with van der Waals surface area (Å²) in [6.07, 6.45) is 0.798. The Labute approximate surface area is 105 Å². The van der Waals surface area contributed by atoms with Crippen LogP contribution in [0.5, 0.6) is 0 Å². The fourth-order valence-corrected chi connectivity index (χ4v) is 3.38. The average Bonchev–Trinajstić information content (AvgIpc) is 2.66. The van der Waals surface area contributed by atoms with E-state index in [1.54, 1.807) is 7.05 Å². The Kier molecular flexibility index (Phi) is 3.18. The summed E-state index contributed by atoms with van der Waals surface area (Å²) in [5.74, 6) is -0.345. The minimum Gasteiger partial charge on any atom is -0.390 e. The summed E-state index contributed by atoms with van der Waals surface area (Å²) in [6, 6.07) is 1.33. The van der Waals surface area contributed by atoms with Crippen molar-refractivity contribution in [2.45, 2.75) is 11.0 Å². The first kappa shape index (κ1) is 13.1. The molecule has 1 aliphatic heterocycles. The molecule has 100 valence electrons. The number of aliphatic hydroxyl groups excluding tert-OH is 1. The van der Waals surface area contributed by atoms with Crippen LogP contribution in [0.3, 0.4) is 0 Å². The van der Waals surface area contributed by atoms with E-state index in [0.717, 1.165) is 0 Å². The van der Waals surface area contributed by atoms with Gasteiger partial charge in [-0.2, -0.15) is 4.31 Å². The SMILES string of the molecule is CNC(=O)c1cc(S(=O)(=O)N2CC(O)C2)cn1C. The van der Waals surface area contributed by atoms with Gasteiger partial charge in [0.1, 0.15) is 10.6 Å². The highest BCUT2D eigenvalue weighted by Gasteiger charge is 2.36. The van der Waals surface area contributed by atoms with E-state index in [0.29, 0.717) is 0 Å². The number of nitrogens with zero attached hydrogens (tertiary/aromatic N) is 2. The number of carbonyl (C=O) groups is 1. The topological polar surface area (TPSA) is 91.6 Å². The molecule has 1 aliphatic rings. The third-order valence-electron chi connectivity index (χ3n) is 2.91. The zero-order valence-corrected chi connectivity index (χ0v) is 10.9. The first-order valence-corrected chi connectivity index (χ1v) is 6.87. The summed E-state index contributed by atoms with van der Waals surface area (Å²) in [5.41, 5.74) is 0.275. The van der Waals surface area contributed by atoms with Crippen LogP contribution in [-0.4, -0.2) is 54.5 Å². The van der Waals surface area contributed by atoms with Gasteiger partial charge in [-0.25, -0.2) is 8.42 Å². The highest BCUT2D eigenvalue weighted by molar-refractivity contribution is 7.89. The zero-order valence-electron chi connectivity index (χ0n) is 10.1. The monoisotopic (exact) mass is 273 g/mol. The fraction of sp³-hybridized carbons (Fsp3) is 0.500. The number of hydrogen-bond acceptors (Lipinski definition) is 4. The van der Waals surface area contributed by atoms with Crippen LogP contribution in [-0.2, 0) is 17.1 Å². The number of β-amino-alcohol motifs (C(OH)–C–C–N with tert-alkyl or cyclic N) is 1. The molecule has 0 unspecified atom stereocenters. The molecule has 1 aromatic heterocycles. The van der Waals surface area contributed by atoms with Gasteiger partial charge in [0.05, 0.1) is 6.10 Å². The zero-order chi connectivity index (χ0) is 13.5. The molecule has 0 saturated carbocycles. The third kappa shape index (κ3) is 2.02. The van der Waals surface area contributed by atoms with Crippen LogP contribution in [0, 0.1) is 0 Å². The molecule has 0 atom stereocenters. The number of nitrogens with one attached hydrogen (secondary N) is 1. The molecule has 0 radical (unpaired) electrons. The quantitative estimate of drug-likeness (QED) is 0.720. The Bertz CT molecular complexity index is 572. The number of aryl methyl sites for hydroxylation is 1. The van der Waals surface area contributed by atoms with Gasteiger partial charge in [-0.1, -0.05) is 0 Å². The summed E-state index contributed by atoms with van der Waals surface area (Å²) >= 11 is 0. The highest BCUT2D eigenvalue weighted by Crippen LogP contribution is 2.23. The van der Waals surface area contributed by atoms with Crippen molar-refractivity contribution in [1.82, 2.24) is 14.2 Å². The lowest BCUT2D eigenvalue weighted by molar-refractivity contribution is 0.0548. The van der Waals surface area contributed by atoms with Gasteiger partial charge in [-0.3, -0.25) is 4.79 Å². The molecular weight excluding hydrogens is 258 g/mol. The van der Waals surface area contributed by atoms with Crippen LogP contribution < -0.4 is 5.32 Å². The normalized spacial score (nSPS) is 17.5. The maximum Gasteiger partial charge on any atom is 0.267 e. The molecule has 0 spiro atoms. The molecule has 0 aromatic carbocycles. The van der Waals surface area contributed by atoms with Crippen LogP contribution in [0.2, 0.25) is 0 Å². The molecular formula is C10H15N3O4S. The van der Waals surface area contributed by atoms with E-state index in [9.17, 15) is 13.2 Å². The fourth-order valence-electron chi connectivity index (χ4n) is 1.79. The minimum absolute atomic E-state index is 0.0653. The molecule has 18 heavy (non-hydrogen) atoms. The Balaban J connectivity index is 2.32. The first-order valence-electron chi connectivity index (χ1n) is 5.43. The maximum atomic E-state index is 12.1. The van der Waals surface area contributed by atoms with Crippen LogP contribution in [0.25, 0.3) is 0 Å². The number of rotatable bonds is 3.